The van der Waals surface area contributed by atoms with E-state index in [0.29, 0.717) is 6.04 Å². The van der Waals surface area contributed by atoms with Crippen molar-refractivity contribution < 1.29 is 9.90 Å². The van der Waals surface area contributed by atoms with E-state index >= 15 is 0 Å². The summed E-state index contributed by atoms with van der Waals surface area (Å²) in [5, 5.41) is 9.28. The third kappa shape index (κ3) is 2.24. The predicted octanol–water partition coefficient (Wildman–Crippen LogP) is 2.36. The van der Waals surface area contributed by atoms with Crippen molar-refractivity contribution in [3.63, 3.8) is 0 Å². The lowest BCUT2D eigenvalue weighted by Crippen LogP contribution is -2.49. The van der Waals surface area contributed by atoms with Crippen LogP contribution in [0.25, 0.3) is 0 Å². The van der Waals surface area contributed by atoms with E-state index < -0.39 is 11.4 Å². The fourth-order valence-corrected chi connectivity index (χ4v) is 3.27. The Kier molecular flexibility index (Phi) is 3.24. The van der Waals surface area contributed by atoms with Gasteiger partial charge in [-0.2, -0.15) is 0 Å². The van der Waals surface area contributed by atoms with Crippen molar-refractivity contribution in [2.45, 2.75) is 52.0 Å². The van der Waals surface area contributed by atoms with Crippen LogP contribution >= 0.6 is 0 Å². The zero-order chi connectivity index (χ0) is 11.8. The Morgan fingerprint density at radius 2 is 2.19 bits per heavy atom. The molecule has 0 amide bonds. The summed E-state index contributed by atoms with van der Waals surface area (Å²) < 4.78 is 0. The van der Waals surface area contributed by atoms with Crippen LogP contribution in [0.3, 0.4) is 0 Å². The molecular formula is C13H23NO2. The van der Waals surface area contributed by atoms with Gasteiger partial charge in [-0.3, -0.25) is 9.69 Å². The molecule has 16 heavy (non-hydrogen) atoms. The summed E-state index contributed by atoms with van der Waals surface area (Å²) >= 11 is 0. The Balaban J connectivity index is 1.99. The Bertz CT molecular complexity index is 279. The summed E-state index contributed by atoms with van der Waals surface area (Å²) in [5.41, 5.74) is -0.510. The second kappa shape index (κ2) is 4.36. The number of aliphatic carboxylic acids is 1. The number of likely N-dealkylation sites (tertiary alicyclic amines) is 1. The Labute approximate surface area is 97.8 Å². The minimum absolute atomic E-state index is 0.510. The number of carboxylic acid groups (broad SMARTS) is 1. The quantitative estimate of drug-likeness (QED) is 0.784. The highest BCUT2D eigenvalue weighted by Gasteiger charge is 2.40. The lowest BCUT2D eigenvalue weighted by atomic mass is 9.81. The molecule has 0 aromatic heterocycles. The van der Waals surface area contributed by atoms with Crippen molar-refractivity contribution in [2.24, 2.45) is 11.3 Å². The highest BCUT2D eigenvalue weighted by Crippen LogP contribution is 2.35. The van der Waals surface area contributed by atoms with Gasteiger partial charge in [-0.1, -0.05) is 6.92 Å². The molecule has 1 aliphatic carbocycles. The maximum Gasteiger partial charge on any atom is 0.310 e. The van der Waals surface area contributed by atoms with Crippen molar-refractivity contribution in [3.05, 3.63) is 0 Å². The van der Waals surface area contributed by atoms with E-state index in [4.69, 9.17) is 0 Å². The summed E-state index contributed by atoms with van der Waals surface area (Å²) in [6.07, 6.45) is 5.70. The Morgan fingerprint density at radius 1 is 1.44 bits per heavy atom. The summed E-state index contributed by atoms with van der Waals surface area (Å²) in [7, 11) is 0. The van der Waals surface area contributed by atoms with Crippen LogP contribution in [0.2, 0.25) is 0 Å². The van der Waals surface area contributed by atoms with Crippen molar-refractivity contribution in [2.75, 3.05) is 13.1 Å². The normalized spacial score (nSPS) is 41.1. The second-order valence-corrected chi connectivity index (χ2v) is 6.01. The molecule has 1 aliphatic heterocycles. The van der Waals surface area contributed by atoms with E-state index in [1.807, 2.05) is 6.92 Å². The SMILES string of the molecule is CC1CCC(N2CCCC(C)(C(=O)O)C2)C1. The van der Waals surface area contributed by atoms with E-state index in [2.05, 4.69) is 11.8 Å². The van der Waals surface area contributed by atoms with Gasteiger partial charge < -0.3 is 5.11 Å². The minimum Gasteiger partial charge on any atom is -0.481 e. The molecule has 0 aromatic carbocycles. The van der Waals surface area contributed by atoms with Gasteiger partial charge >= 0.3 is 5.97 Å². The molecule has 2 fully saturated rings. The molecule has 3 nitrogen and oxygen atoms in total. The van der Waals surface area contributed by atoms with Crippen molar-refractivity contribution in [1.29, 1.82) is 0 Å². The summed E-state index contributed by atoms with van der Waals surface area (Å²) in [6, 6.07) is 0.647. The van der Waals surface area contributed by atoms with Crippen LogP contribution in [0.5, 0.6) is 0 Å². The van der Waals surface area contributed by atoms with Gasteiger partial charge in [-0.05, 0) is 51.5 Å². The lowest BCUT2D eigenvalue weighted by Gasteiger charge is -2.40. The van der Waals surface area contributed by atoms with E-state index in [1.165, 1.54) is 19.3 Å². The molecule has 0 spiro atoms. The van der Waals surface area contributed by atoms with Crippen molar-refractivity contribution >= 4 is 5.97 Å². The van der Waals surface area contributed by atoms with E-state index in [0.717, 1.165) is 31.8 Å². The largest absolute Gasteiger partial charge is 0.481 e. The number of hydrogen-bond donors (Lipinski definition) is 1. The fraction of sp³-hybridized carbons (Fsp3) is 0.923. The lowest BCUT2D eigenvalue weighted by molar-refractivity contribution is -0.151. The fourth-order valence-electron chi connectivity index (χ4n) is 3.27. The number of nitrogens with zero attached hydrogens (tertiary/aromatic N) is 1. The molecule has 0 bridgehead atoms. The highest BCUT2D eigenvalue weighted by atomic mass is 16.4. The number of carboxylic acids is 1. The minimum atomic E-state index is -0.622. The van der Waals surface area contributed by atoms with Crippen LogP contribution in [0.15, 0.2) is 0 Å². The maximum absolute atomic E-state index is 11.3. The van der Waals surface area contributed by atoms with Gasteiger partial charge in [0.15, 0.2) is 0 Å². The molecule has 3 atom stereocenters. The number of piperidine rings is 1. The molecule has 1 N–H and O–H groups in total. The monoisotopic (exact) mass is 225 g/mol. The third-order valence-electron chi connectivity index (χ3n) is 4.43. The molecule has 1 saturated carbocycles. The number of hydrogen-bond acceptors (Lipinski definition) is 2. The van der Waals surface area contributed by atoms with Crippen LogP contribution in [-0.4, -0.2) is 35.1 Å². The molecule has 2 rings (SSSR count). The molecular weight excluding hydrogens is 202 g/mol. The summed E-state index contributed by atoms with van der Waals surface area (Å²) in [4.78, 5) is 13.7. The molecule has 1 saturated heterocycles. The van der Waals surface area contributed by atoms with Crippen LogP contribution < -0.4 is 0 Å². The van der Waals surface area contributed by atoms with Gasteiger partial charge in [0, 0.05) is 12.6 Å². The van der Waals surface area contributed by atoms with Crippen LogP contribution in [-0.2, 0) is 4.79 Å². The number of carbonyl (C=O) groups is 1. The molecule has 2 aliphatic rings. The average molecular weight is 225 g/mol. The summed E-state index contributed by atoms with van der Waals surface area (Å²) in [6.45, 7) is 6.06. The molecule has 3 unspecified atom stereocenters. The van der Waals surface area contributed by atoms with Crippen LogP contribution in [0.4, 0.5) is 0 Å². The van der Waals surface area contributed by atoms with E-state index in [-0.39, 0.29) is 0 Å². The Hall–Kier alpha value is -0.570. The smallest absolute Gasteiger partial charge is 0.310 e. The van der Waals surface area contributed by atoms with Crippen LogP contribution in [0, 0.1) is 11.3 Å². The van der Waals surface area contributed by atoms with Crippen molar-refractivity contribution in [3.8, 4) is 0 Å². The predicted molar refractivity (Wildman–Crippen MR) is 63.4 cm³/mol. The topological polar surface area (TPSA) is 40.5 Å². The molecule has 1 heterocycles. The van der Waals surface area contributed by atoms with Crippen molar-refractivity contribution in [1.82, 2.24) is 4.90 Å². The van der Waals surface area contributed by atoms with Crippen LogP contribution in [0.1, 0.15) is 46.0 Å². The zero-order valence-corrected chi connectivity index (χ0v) is 10.4. The third-order valence-corrected chi connectivity index (χ3v) is 4.43. The highest BCUT2D eigenvalue weighted by molar-refractivity contribution is 5.74. The first-order valence-electron chi connectivity index (χ1n) is 6.49. The maximum atomic E-state index is 11.3. The first kappa shape index (κ1) is 11.9. The zero-order valence-electron chi connectivity index (χ0n) is 10.4. The average Bonchev–Trinajstić information content (AvgIpc) is 2.65. The molecule has 92 valence electrons. The van der Waals surface area contributed by atoms with Gasteiger partial charge in [0.25, 0.3) is 0 Å². The molecule has 3 heteroatoms. The number of rotatable bonds is 2. The van der Waals surface area contributed by atoms with Gasteiger partial charge in [0.2, 0.25) is 0 Å². The summed E-state index contributed by atoms with van der Waals surface area (Å²) in [5.74, 6) is 0.200. The van der Waals surface area contributed by atoms with Gasteiger partial charge in [-0.25, -0.2) is 0 Å². The molecule has 0 radical (unpaired) electrons. The second-order valence-electron chi connectivity index (χ2n) is 6.01. The van der Waals surface area contributed by atoms with E-state index in [1.54, 1.807) is 0 Å². The first-order valence-corrected chi connectivity index (χ1v) is 6.49. The standard InChI is InChI=1S/C13H23NO2/c1-10-4-5-11(8-10)14-7-3-6-13(2,9-14)12(15)16/h10-11H,3-9H2,1-2H3,(H,15,16). The molecule has 0 aromatic rings. The van der Waals surface area contributed by atoms with Gasteiger partial charge in [0.05, 0.1) is 5.41 Å². The van der Waals surface area contributed by atoms with Gasteiger partial charge in [-0.15, -0.1) is 0 Å². The van der Waals surface area contributed by atoms with Gasteiger partial charge in [0.1, 0.15) is 0 Å². The Morgan fingerprint density at radius 3 is 2.75 bits per heavy atom. The first-order chi connectivity index (χ1) is 7.51. The van der Waals surface area contributed by atoms with E-state index in [9.17, 15) is 9.90 Å².